The molecule has 1 aromatic carbocycles. The fraction of sp³-hybridized carbons (Fsp3) is 0.370. The van der Waals surface area contributed by atoms with Crippen LogP contribution in [0.4, 0.5) is 0 Å². The number of carbonyl (C=O) groups excluding carboxylic acids is 3. The van der Waals surface area contributed by atoms with E-state index in [4.69, 9.17) is 4.74 Å². The monoisotopic (exact) mass is 500 g/mol. The van der Waals surface area contributed by atoms with Gasteiger partial charge in [-0.05, 0) is 49.6 Å². The predicted octanol–water partition coefficient (Wildman–Crippen LogP) is 2.10. The van der Waals surface area contributed by atoms with Gasteiger partial charge in [-0.2, -0.15) is 5.26 Å². The van der Waals surface area contributed by atoms with Crippen LogP contribution in [-0.2, 0) is 9.59 Å². The highest BCUT2D eigenvalue weighted by Crippen LogP contribution is 2.33. The third-order valence-corrected chi connectivity index (χ3v) is 7.20. The van der Waals surface area contributed by atoms with Gasteiger partial charge in [0.2, 0.25) is 11.8 Å². The summed E-state index contributed by atoms with van der Waals surface area (Å²) < 4.78 is 5.42. The lowest BCUT2D eigenvalue weighted by Gasteiger charge is -2.25. The van der Waals surface area contributed by atoms with Crippen molar-refractivity contribution in [3.63, 3.8) is 0 Å². The van der Waals surface area contributed by atoms with Crippen LogP contribution in [0.15, 0.2) is 48.7 Å². The Morgan fingerprint density at radius 2 is 2.16 bits per heavy atom. The molecule has 2 fully saturated rings. The number of methoxy groups -OCH3 is 1. The number of nitrogens with zero attached hydrogens (tertiary/aromatic N) is 3. The zero-order valence-corrected chi connectivity index (χ0v) is 20.4. The van der Waals surface area contributed by atoms with E-state index in [2.05, 4.69) is 26.7 Å². The standard InChI is InChI=1S/C27H28N6O4/c1-37-24-7-4-6-21-19(24)13-22(32-21)27(36)33-15-17(20-5-2-3-9-29-20)12-23(33)26(35)31-18(14-28)11-16-8-10-30-25(16)34/h2-7,9,13,16-18,23,32H,8,10-12,15H2,1H3,(H,30,34)(H,31,35)/t16?,17-,18+,23+/m1/s1. The highest BCUT2D eigenvalue weighted by Gasteiger charge is 2.42. The number of amides is 3. The molecule has 4 atom stereocenters. The molecule has 190 valence electrons. The molecule has 5 rings (SSSR count). The third-order valence-electron chi connectivity index (χ3n) is 7.20. The molecule has 2 saturated heterocycles. The zero-order valence-electron chi connectivity index (χ0n) is 20.4. The summed E-state index contributed by atoms with van der Waals surface area (Å²) in [5.74, 6) is -0.639. The van der Waals surface area contributed by atoms with Crippen LogP contribution in [0.5, 0.6) is 5.75 Å². The number of H-pyrrole nitrogens is 1. The Morgan fingerprint density at radius 3 is 2.86 bits per heavy atom. The van der Waals surface area contributed by atoms with Gasteiger partial charge in [0.25, 0.3) is 5.91 Å². The van der Waals surface area contributed by atoms with Gasteiger partial charge in [0.05, 0.1) is 13.2 Å². The maximum absolute atomic E-state index is 13.7. The van der Waals surface area contributed by atoms with E-state index in [-0.39, 0.29) is 30.1 Å². The Kier molecular flexibility index (Phi) is 6.77. The van der Waals surface area contributed by atoms with Crippen molar-refractivity contribution in [2.24, 2.45) is 5.92 Å². The molecule has 3 amide bonds. The molecular formula is C27H28N6O4. The largest absolute Gasteiger partial charge is 0.496 e. The van der Waals surface area contributed by atoms with Crippen LogP contribution in [0, 0.1) is 17.2 Å². The molecule has 1 unspecified atom stereocenters. The fourth-order valence-corrected chi connectivity index (χ4v) is 5.28. The summed E-state index contributed by atoms with van der Waals surface area (Å²) in [6, 6.07) is 13.3. The lowest BCUT2D eigenvalue weighted by Crippen LogP contribution is -2.49. The van der Waals surface area contributed by atoms with Crippen LogP contribution in [0.1, 0.15) is 41.4 Å². The average molecular weight is 501 g/mol. The molecule has 2 aliphatic rings. The molecule has 10 nitrogen and oxygen atoms in total. The molecule has 0 spiro atoms. The van der Waals surface area contributed by atoms with Crippen molar-refractivity contribution in [2.45, 2.75) is 37.3 Å². The van der Waals surface area contributed by atoms with Gasteiger partial charge in [-0.3, -0.25) is 19.4 Å². The van der Waals surface area contributed by atoms with E-state index in [9.17, 15) is 19.6 Å². The number of nitriles is 1. The second-order valence-corrected chi connectivity index (χ2v) is 9.47. The number of pyridine rings is 1. The van der Waals surface area contributed by atoms with Gasteiger partial charge in [0.1, 0.15) is 23.5 Å². The van der Waals surface area contributed by atoms with Crippen LogP contribution in [-0.4, -0.2) is 64.9 Å². The molecule has 2 aromatic heterocycles. The van der Waals surface area contributed by atoms with E-state index in [0.29, 0.717) is 37.4 Å². The van der Waals surface area contributed by atoms with Gasteiger partial charge < -0.3 is 25.3 Å². The summed E-state index contributed by atoms with van der Waals surface area (Å²) in [7, 11) is 1.57. The smallest absolute Gasteiger partial charge is 0.271 e. The topological polar surface area (TPSA) is 140 Å². The summed E-state index contributed by atoms with van der Waals surface area (Å²) >= 11 is 0. The van der Waals surface area contributed by atoms with Crippen molar-refractivity contribution in [3.8, 4) is 11.8 Å². The van der Waals surface area contributed by atoms with E-state index in [1.165, 1.54) is 0 Å². The maximum atomic E-state index is 13.7. The lowest BCUT2D eigenvalue weighted by molar-refractivity contribution is -0.126. The number of ether oxygens (including phenoxy) is 1. The highest BCUT2D eigenvalue weighted by molar-refractivity contribution is 6.02. The molecule has 3 N–H and O–H groups in total. The van der Waals surface area contributed by atoms with E-state index in [1.54, 1.807) is 24.3 Å². The first-order valence-corrected chi connectivity index (χ1v) is 12.3. The zero-order chi connectivity index (χ0) is 25.9. The minimum atomic E-state index is -0.829. The van der Waals surface area contributed by atoms with Crippen molar-refractivity contribution in [2.75, 3.05) is 20.2 Å². The van der Waals surface area contributed by atoms with Crippen LogP contribution >= 0.6 is 0 Å². The Bertz CT molecular complexity index is 1360. The van der Waals surface area contributed by atoms with Gasteiger partial charge in [0.15, 0.2) is 0 Å². The quantitative estimate of drug-likeness (QED) is 0.454. The number of nitrogens with one attached hydrogen (secondary N) is 3. The van der Waals surface area contributed by atoms with E-state index in [0.717, 1.165) is 16.6 Å². The predicted molar refractivity (Wildman–Crippen MR) is 135 cm³/mol. The number of likely N-dealkylation sites (tertiary alicyclic amines) is 1. The van der Waals surface area contributed by atoms with E-state index < -0.39 is 18.0 Å². The maximum Gasteiger partial charge on any atom is 0.271 e. The van der Waals surface area contributed by atoms with Gasteiger partial charge in [0, 0.05) is 47.7 Å². The first-order valence-electron chi connectivity index (χ1n) is 12.3. The minimum absolute atomic E-state index is 0.100. The number of rotatable bonds is 7. The second-order valence-electron chi connectivity index (χ2n) is 9.47. The lowest BCUT2D eigenvalue weighted by atomic mass is 9.98. The number of benzene rings is 1. The SMILES string of the molecule is COc1cccc2[nH]c(C(=O)N3C[C@H](c4ccccn4)C[C@H]3C(=O)N[C@H](C#N)CC3CCNC3=O)cc12. The summed E-state index contributed by atoms with van der Waals surface area (Å²) in [4.78, 5) is 48.3. The number of aromatic amines is 1. The Balaban J connectivity index is 1.40. The van der Waals surface area contributed by atoms with Gasteiger partial charge >= 0.3 is 0 Å². The fourth-order valence-electron chi connectivity index (χ4n) is 5.28. The Labute approximate surface area is 214 Å². The van der Waals surface area contributed by atoms with Crippen molar-refractivity contribution in [1.82, 2.24) is 25.5 Å². The van der Waals surface area contributed by atoms with Gasteiger partial charge in [-0.25, -0.2) is 0 Å². The molecule has 3 aromatic rings. The van der Waals surface area contributed by atoms with Crippen LogP contribution in [0.3, 0.4) is 0 Å². The van der Waals surface area contributed by atoms with Gasteiger partial charge in [-0.15, -0.1) is 0 Å². The first-order chi connectivity index (χ1) is 18.0. The molecule has 0 aliphatic carbocycles. The van der Waals surface area contributed by atoms with Crippen LogP contribution < -0.4 is 15.4 Å². The molecule has 0 saturated carbocycles. The highest BCUT2D eigenvalue weighted by atomic mass is 16.5. The summed E-state index contributed by atoms with van der Waals surface area (Å²) in [5.41, 5.74) is 1.90. The molecule has 4 heterocycles. The van der Waals surface area contributed by atoms with Crippen LogP contribution in [0.2, 0.25) is 0 Å². The average Bonchev–Trinajstić information content (AvgIpc) is 3.66. The molecular weight excluding hydrogens is 472 g/mol. The molecule has 0 radical (unpaired) electrons. The number of hydrogen-bond acceptors (Lipinski definition) is 6. The molecule has 37 heavy (non-hydrogen) atoms. The number of hydrogen-bond donors (Lipinski definition) is 3. The normalized spacial score (nSPS) is 21.9. The van der Waals surface area contributed by atoms with E-state index in [1.807, 2.05) is 36.4 Å². The Morgan fingerprint density at radius 1 is 1.30 bits per heavy atom. The third kappa shape index (κ3) is 4.85. The molecule has 10 heteroatoms. The summed E-state index contributed by atoms with van der Waals surface area (Å²) in [5, 5.41) is 16.0. The minimum Gasteiger partial charge on any atom is -0.496 e. The number of fused-ring (bicyclic) bond motifs is 1. The van der Waals surface area contributed by atoms with Crippen LogP contribution in [0.25, 0.3) is 10.9 Å². The second kappa shape index (κ2) is 10.3. The van der Waals surface area contributed by atoms with Crippen molar-refractivity contribution < 1.29 is 19.1 Å². The molecule has 2 aliphatic heterocycles. The number of aromatic nitrogens is 2. The Hall–Kier alpha value is -4.39. The number of carbonyl (C=O) groups is 3. The van der Waals surface area contributed by atoms with Crippen molar-refractivity contribution in [1.29, 1.82) is 5.26 Å². The first kappa shape index (κ1) is 24.3. The van der Waals surface area contributed by atoms with Crippen molar-refractivity contribution in [3.05, 3.63) is 60.0 Å². The summed E-state index contributed by atoms with van der Waals surface area (Å²) in [6.45, 7) is 0.879. The molecule has 0 bridgehead atoms. The van der Waals surface area contributed by atoms with E-state index >= 15 is 0 Å². The van der Waals surface area contributed by atoms with Crippen molar-refractivity contribution >= 4 is 28.6 Å². The van der Waals surface area contributed by atoms with Gasteiger partial charge in [-0.1, -0.05) is 12.1 Å². The summed E-state index contributed by atoms with van der Waals surface area (Å²) in [6.07, 6.45) is 2.93.